The Morgan fingerprint density at radius 1 is 1.31 bits per heavy atom. The number of halogens is 5. The van der Waals surface area contributed by atoms with Crippen molar-refractivity contribution in [2.45, 2.75) is 31.9 Å². The van der Waals surface area contributed by atoms with Gasteiger partial charge in [-0.25, -0.2) is 37.3 Å². The number of hydrogen-bond acceptors (Lipinski definition) is 8. The summed E-state index contributed by atoms with van der Waals surface area (Å²) in [6.07, 6.45) is 0.525. The molecule has 1 aliphatic heterocycles. The molecule has 3 heterocycles. The van der Waals surface area contributed by atoms with Crippen molar-refractivity contribution in [2.75, 3.05) is 13.2 Å². The first-order valence-electron chi connectivity index (χ1n) is 10.5. The quantitative estimate of drug-likeness (QED) is 0.260. The Kier molecular flexibility index (Phi) is 7.25. The van der Waals surface area contributed by atoms with Gasteiger partial charge in [0.1, 0.15) is 11.6 Å². The van der Waals surface area contributed by atoms with Crippen LogP contribution in [-0.4, -0.2) is 62.0 Å². The lowest BCUT2D eigenvalue weighted by Gasteiger charge is -2.22. The molecule has 0 amide bonds. The fourth-order valence-electron chi connectivity index (χ4n) is 3.86. The number of esters is 1. The zero-order chi connectivity index (χ0) is 26.2. The molecule has 0 saturated carbocycles. The molecule has 36 heavy (non-hydrogen) atoms. The average molecular weight is 545 g/mol. The molecule has 2 aromatic heterocycles. The van der Waals surface area contributed by atoms with Gasteiger partial charge in [0.15, 0.2) is 22.5 Å². The van der Waals surface area contributed by atoms with E-state index in [0.717, 1.165) is 28.4 Å². The number of carboxylic acids is 1. The van der Waals surface area contributed by atoms with E-state index in [4.69, 9.17) is 16.3 Å². The number of carbonyl (C=O) groups excluding carboxylic acids is 1. The van der Waals surface area contributed by atoms with E-state index >= 15 is 0 Å². The van der Waals surface area contributed by atoms with Gasteiger partial charge >= 0.3 is 11.9 Å². The van der Waals surface area contributed by atoms with Crippen molar-refractivity contribution in [1.82, 2.24) is 19.9 Å². The molecular formula is C22H17ClF4N4O4S. The van der Waals surface area contributed by atoms with Crippen molar-refractivity contribution in [3.63, 3.8) is 0 Å². The van der Waals surface area contributed by atoms with Crippen LogP contribution in [0.1, 0.15) is 29.4 Å². The monoisotopic (exact) mass is 544 g/mol. The smallest absolute Gasteiger partial charge is 0.342 e. The second-order valence-corrected chi connectivity index (χ2v) is 9.09. The molecule has 8 nitrogen and oxygen atoms in total. The molecule has 1 fully saturated rings. The maximum atomic E-state index is 14.4. The summed E-state index contributed by atoms with van der Waals surface area (Å²) in [7, 11) is 0. The van der Waals surface area contributed by atoms with Gasteiger partial charge in [0, 0.05) is 30.1 Å². The third kappa shape index (κ3) is 5.04. The molecule has 1 saturated heterocycles. The Labute approximate surface area is 210 Å². The van der Waals surface area contributed by atoms with E-state index in [1.54, 1.807) is 5.38 Å². The maximum Gasteiger partial charge on any atom is 0.342 e. The summed E-state index contributed by atoms with van der Waals surface area (Å²) < 4.78 is 61.5. The van der Waals surface area contributed by atoms with Gasteiger partial charge in [0.25, 0.3) is 5.92 Å². The molecule has 0 spiro atoms. The largest absolute Gasteiger partial charge is 0.480 e. The van der Waals surface area contributed by atoms with Crippen LogP contribution >= 0.6 is 22.9 Å². The Morgan fingerprint density at radius 2 is 2.06 bits per heavy atom. The van der Waals surface area contributed by atoms with E-state index in [2.05, 4.69) is 15.0 Å². The SMILES string of the molecule is CCOC(=O)c1c(CN2CC(F)(F)C[C@H]2C(=O)O)nc(-c2nccs2)nc1-c1ccc(F)c(F)c1Cl. The van der Waals surface area contributed by atoms with E-state index in [0.29, 0.717) is 0 Å². The second kappa shape index (κ2) is 10.1. The number of likely N-dealkylation sites (tertiary alicyclic amines) is 1. The van der Waals surface area contributed by atoms with E-state index < -0.39 is 60.1 Å². The van der Waals surface area contributed by atoms with E-state index in [1.165, 1.54) is 13.1 Å². The normalized spacial score (nSPS) is 17.3. The number of carbonyl (C=O) groups is 2. The number of rotatable bonds is 7. The van der Waals surface area contributed by atoms with Crippen molar-refractivity contribution in [2.24, 2.45) is 0 Å². The maximum absolute atomic E-state index is 14.4. The number of aromatic nitrogens is 3. The van der Waals surface area contributed by atoms with Gasteiger partial charge in [-0.2, -0.15) is 0 Å². The number of benzene rings is 1. The summed E-state index contributed by atoms with van der Waals surface area (Å²) >= 11 is 7.18. The summed E-state index contributed by atoms with van der Waals surface area (Å²) in [4.78, 5) is 38.4. The first-order chi connectivity index (χ1) is 17.0. The highest BCUT2D eigenvalue weighted by Crippen LogP contribution is 2.37. The minimum absolute atomic E-state index is 0.0540. The Balaban J connectivity index is 1.96. The third-order valence-corrected chi connectivity index (χ3v) is 6.52. The van der Waals surface area contributed by atoms with Crippen molar-refractivity contribution >= 4 is 34.9 Å². The third-order valence-electron chi connectivity index (χ3n) is 5.38. The summed E-state index contributed by atoms with van der Waals surface area (Å²) in [6.45, 7) is 0.0328. The number of alkyl halides is 2. The molecular weight excluding hydrogens is 528 g/mol. The minimum atomic E-state index is -3.29. The van der Waals surface area contributed by atoms with Crippen LogP contribution in [0.3, 0.4) is 0 Å². The van der Waals surface area contributed by atoms with Crippen LogP contribution < -0.4 is 0 Å². The number of aliphatic carboxylic acids is 1. The molecule has 0 aliphatic carbocycles. The van der Waals surface area contributed by atoms with Crippen molar-refractivity contribution < 1.29 is 37.0 Å². The van der Waals surface area contributed by atoms with Crippen LogP contribution in [0.5, 0.6) is 0 Å². The summed E-state index contributed by atoms with van der Waals surface area (Å²) in [5.74, 6) is -8.41. The van der Waals surface area contributed by atoms with Crippen LogP contribution in [0.4, 0.5) is 17.6 Å². The van der Waals surface area contributed by atoms with Gasteiger partial charge in [-0.3, -0.25) is 9.69 Å². The van der Waals surface area contributed by atoms with Crippen LogP contribution in [0.2, 0.25) is 5.02 Å². The van der Waals surface area contributed by atoms with Gasteiger partial charge in [-0.05, 0) is 19.1 Å². The molecule has 0 bridgehead atoms. The highest BCUT2D eigenvalue weighted by Gasteiger charge is 2.48. The molecule has 1 N–H and O–H groups in total. The van der Waals surface area contributed by atoms with Crippen molar-refractivity contribution in [3.05, 3.63) is 51.6 Å². The van der Waals surface area contributed by atoms with Crippen molar-refractivity contribution in [1.29, 1.82) is 0 Å². The van der Waals surface area contributed by atoms with Crippen LogP contribution in [0.25, 0.3) is 22.1 Å². The number of nitrogens with zero attached hydrogens (tertiary/aromatic N) is 4. The molecule has 4 rings (SSSR count). The van der Waals surface area contributed by atoms with Crippen LogP contribution in [0, 0.1) is 11.6 Å². The lowest BCUT2D eigenvalue weighted by molar-refractivity contribution is -0.142. The van der Waals surface area contributed by atoms with Crippen LogP contribution in [0.15, 0.2) is 23.7 Å². The lowest BCUT2D eigenvalue weighted by atomic mass is 10.0. The lowest BCUT2D eigenvalue weighted by Crippen LogP contribution is -2.36. The molecule has 14 heteroatoms. The zero-order valence-electron chi connectivity index (χ0n) is 18.5. The second-order valence-electron chi connectivity index (χ2n) is 7.82. The summed E-state index contributed by atoms with van der Waals surface area (Å²) in [6, 6.07) is 0.340. The standard InChI is InChI=1S/C22H17ClF4N4O4S/c1-2-35-21(34)14-12(8-31-9-22(26,27)7-13(31)20(32)33)29-18(19-28-5-6-36-19)30-17(14)10-3-4-11(24)16(25)15(10)23/h3-6,13H,2,7-9H2,1H3,(H,32,33)/t13-/m0/s1. The first kappa shape index (κ1) is 25.9. The number of ether oxygens (including phenoxy) is 1. The summed E-state index contributed by atoms with van der Waals surface area (Å²) in [5, 5.41) is 10.7. The molecule has 1 aromatic carbocycles. The fraction of sp³-hybridized carbons (Fsp3) is 0.318. The van der Waals surface area contributed by atoms with E-state index in [-0.39, 0.29) is 40.0 Å². The topological polar surface area (TPSA) is 106 Å². The number of hydrogen-bond donors (Lipinski definition) is 1. The molecule has 1 atom stereocenters. The predicted octanol–water partition coefficient (Wildman–Crippen LogP) is 4.67. The van der Waals surface area contributed by atoms with Gasteiger partial charge in [0.2, 0.25) is 0 Å². The van der Waals surface area contributed by atoms with Gasteiger partial charge in [-0.1, -0.05) is 11.6 Å². The molecule has 1 aliphatic rings. The minimum Gasteiger partial charge on any atom is -0.480 e. The van der Waals surface area contributed by atoms with E-state index in [9.17, 15) is 32.3 Å². The molecule has 190 valence electrons. The Morgan fingerprint density at radius 3 is 2.69 bits per heavy atom. The number of carboxylic acid groups (broad SMARTS) is 1. The fourth-order valence-corrected chi connectivity index (χ4v) is 4.67. The highest BCUT2D eigenvalue weighted by molar-refractivity contribution is 7.13. The summed E-state index contributed by atoms with van der Waals surface area (Å²) in [5.41, 5.74) is -0.926. The molecule has 0 radical (unpaired) electrons. The highest BCUT2D eigenvalue weighted by atomic mass is 35.5. The van der Waals surface area contributed by atoms with E-state index in [1.807, 2.05) is 0 Å². The number of thiazole rings is 1. The van der Waals surface area contributed by atoms with Crippen molar-refractivity contribution in [3.8, 4) is 22.1 Å². The van der Waals surface area contributed by atoms with Gasteiger partial charge in [0.05, 0.1) is 29.6 Å². The first-order valence-corrected chi connectivity index (χ1v) is 11.7. The van der Waals surface area contributed by atoms with Crippen LogP contribution in [-0.2, 0) is 16.1 Å². The predicted molar refractivity (Wildman–Crippen MR) is 121 cm³/mol. The average Bonchev–Trinajstić information content (AvgIpc) is 3.45. The van der Waals surface area contributed by atoms with Gasteiger partial charge in [-0.15, -0.1) is 11.3 Å². The Hall–Kier alpha value is -3.16. The zero-order valence-corrected chi connectivity index (χ0v) is 20.0. The van der Waals surface area contributed by atoms with Gasteiger partial charge < -0.3 is 9.84 Å². The molecule has 3 aromatic rings. The Bertz CT molecular complexity index is 1330. The molecule has 0 unspecified atom stereocenters.